The molecule has 0 saturated carbocycles. The lowest BCUT2D eigenvalue weighted by Crippen LogP contribution is -2.20. The smallest absolute Gasteiger partial charge is 0.262 e. The van der Waals surface area contributed by atoms with Gasteiger partial charge >= 0.3 is 0 Å². The highest BCUT2D eigenvalue weighted by Crippen LogP contribution is 2.31. The summed E-state index contributed by atoms with van der Waals surface area (Å²) in [6, 6.07) is 12.6. The van der Waals surface area contributed by atoms with Gasteiger partial charge in [-0.05, 0) is 36.6 Å². The molecule has 0 aliphatic heterocycles. The number of benzene rings is 2. The first kappa shape index (κ1) is 16.0. The number of thioether (sulfide) groups is 1. The van der Waals surface area contributed by atoms with Gasteiger partial charge in [-0.1, -0.05) is 35.3 Å². The van der Waals surface area contributed by atoms with Crippen LogP contribution in [0.2, 0.25) is 10.0 Å². The first-order valence-electron chi connectivity index (χ1n) is 6.11. The summed E-state index contributed by atoms with van der Waals surface area (Å²) in [5.41, 5.74) is 0.729. The predicted molar refractivity (Wildman–Crippen MR) is 88.8 cm³/mol. The molecule has 0 radical (unpaired) electrons. The van der Waals surface area contributed by atoms with Crippen LogP contribution in [0.15, 0.2) is 47.4 Å². The van der Waals surface area contributed by atoms with Crippen molar-refractivity contribution in [2.75, 3.05) is 18.2 Å². The van der Waals surface area contributed by atoms with Crippen molar-refractivity contribution in [1.29, 1.82) is 0 Å². The van der Waals surface area contributed by atoms with E-state index in [0.29, 0.717) is 15.8 Å². The van der Waals surface area contributed by atoms with Crippen molar-refractivity contribution in [3.8, 4) is 5.75 Å². The maximum Gasteiger partial charge on any atom is 0.262 e. The molecular formula is C15H13Cl2NO2S. The average Bonchev–Trinajstić information content (AvgIpc) is 2.49. The number of hydrogen-bond acceptors (Lipinski definition) is 3. The van der Waals surface area contributed by atoms with Gasteiger partial charge in [-0.3, -0.25) is 4.79 Å². The van der Waals surface area contributed by atoms with Gasteiger partial charge in [0.25, 0.3) is 5.91 Å². The number of carbonyl (C=O) groups excluding carboxylic acids is 1. The van der Waals surface area contributed by atoms with Crippen molar-refractivity contribution in [3.63, 3.8) is 0 Å². The van der Waals surface area contributed by atoms with Crippen LogP contribution in [0.5, 0.6) is 5.75 Å². The molecule has 0 saturated heterocycles. The predicted octanol–water partition coefficient (Wildman–Crippen LogP) is 4.73. The summed E-state index contributed by atoms with van der Waals surface area (Å²) < 4.78 is 5.37. The second kappa shape index (κ2) is 7.59. The topological polar surface area (TPSA) is 38.3 Å². The molecule has 0 aliphatic rings. The van der Waals surface area contributed by atoms with E-state index in [0.717, 1.165) is 10.6 Å². The Labute approximate surface area is 137 Å². The van der Waals surface area contributed by atoms with Crippen molar-refractivity contribution in [3.05, 3.63) is 52.5 Å². The lowest BCUT2D eigenvalue weighted by molar-refractivity contribution is -0.118. The zero-order valence-electron chi connectivity index (χ0n) is 11.2. The SMILES string of the molecule is CSc1cccc(NC(=O)COc2cccc(Cl)c2Cl)c1. The zero-order chi connectivity index (χ0) is 15.2. The van der Waals surface area contributed by atoms with E-state index in [4.69, 9.17) is 27.9 Å². The van der Waals surface area contributed by atoms with E-state index in [-0.39, 0.29) is 12.5 Å². The summed E-state index contributed by atoms with van der Waals surface area (Å²) in [4.78, 5) is 12.9. The molecule has 2 aromatic rings. The second-order valence-corrected chi connectivity index (χ2v) is 5.79. The van der Waals surface area contributed by atoms with Crippen molar-refractivity contribution in [2.24, 2.45) is 0 Å². The van der Waals surface area contributed by atoms with Gasteiger partial charge in [0.15, 0.2) is 6.61 Å². The molecule has 1 N–H and O–H groups in total. The molecule has 0 aromatic heterocycles. The van der Waals surface area contributed by atoms with Gasteiger partial charge < -0.3 is 10.1 Å². The third kappa shape index (κ3) is 4.56. The Morgan fingerprint density at radius 1 is 1.24 bits per heavy atom. The Hall–Kier alpha value is -1.36. The van der Waals surface area contributed by atoms with Crippen LogP contribution in [0.3, 0.4) is 0 Å². The number of ether oxygens (including phenoxy) is 1. The largest absolute Gasteiger partial charge is 0.482 e. The van der Waals surface area contributed by atoms with Gasteiger partial charge in [-0.2, -0.15) is 0 Å². The Morgan fingerprint density at radius 2 is 2.00 bits per heavy atom. The van der Waals surface area contributed by atoms with Crippen LogP contribution >= 0.6 is 35.0 Å². The Bertz CT molecular complexity index is 649. The van der Waals surface area contributed by atoms with E-state index in [2.05, 4.69) is 5.32 Å². The fourth-order valence-electron chi connectivity index (χ4n) is 1.64. The Kier molecular flexibility index (Phi) is 5.79. The van der Waals surface area contributed by atoms with Gasteiger partial charge in [0.05, 0.1) is 5.02 Å². The number of rotatable bonds is 5. The molecule has 0 bridgehead atoms. The van der Waals surface area contributed by atoms with Crippen LogP contribution in [-0.4, -0.2) is 18.8 Å². The number of hydrogen-bond donors (Lipinski definition) is 1. The summed E-state index contributed by atoms with van der Waals surface area (Å²) in [5, 5.41) is 3.46. The summed E-state index contributed by atoms with van der Waals surface area (Å²) in [6.07, 6.45) is 1.98. The standard InChI is InChI=1S/C15H13Cl2NO2S/c1-21-11-5-2-4-10(8-11)18-14(19)9-20-13-7-3-6-12(16)15(13)17/h2-8H,9H2,1H3,(H,18,19). The zero-order valence-corrected chi connectivity index (χ0v) is 13.6. The first-order valence-corrected chi connectivity index (χ1v) is 8.09. The summed E-state index contributed by atoms with van der Waals surface area (Å²) in [5.74, 6) is 0.126. The van der Waals surface area contributed by atoms with Gasteiger partial charge in [0.2, 0.25) is 0 Å². The minimum Gasteiger partial charge on any atom is -0.482 e. The maximum absolute atomic E-state index is 11.9. The first-order chi connectivity index (χ1) is 10.1. The molecule has 0 spiro atoms. The van der Waals surface area contributed by atoms with E-state index >= 15 is 0 Å². The molecule has 2 aromatic carbocycles. The lowest BCUT2D eigenvalue weighted by Gasteiger charge is -2.10. The van der Waals surface area contributed by atoms with Crippen molar-refractivity contribution < 1.29 is 9.53 Å². The fourth-order valence-corrected chi connectivity index (χ4v) is 2.44. The number of halogens is 2. The summed E-state index contributed by atoms with van der Waals surface area (Å²) >= 11 is 13.5. The molecule has 2 rings (SSSR count). The molecule has 0 unspecified atom stereocenters. The molecule has 6 heteroatoms. The highest BCUT2D eigenvalue weighted by atomic mass is 35.5. The van der Waals surface area contributed by atoms with Crippen LogP contribution in [0, 0.1) is 0 Å². The quantitative estimate of drug-likeness (QED) is 0.798. The normalized spacial score (nSPS) is 10.2. The van der Waals surface area contributed by atoms with Gasteiger partial charge in [-0.15, -0.1) is 11.8 Å². The Balaban J connectivity index is 1.94. The Morgan fingerprint density at radius 3 is 2.76 bits per heavy atom. The van der Waals surface area contributed by atoms with Crippen molar-refractivity contribution in [1.82, 2.24) is 0 Å². The molecule has 1 amide bonds. The van der Waals surface area contributed by atoms with Crippen LogP contribution in [0.4, 0.5) is 5.69 Å². The maximum atomic E-state index is 11.9. The van der Waals surface area contributed by atoms with Crippen molar-refractivity contribution >= 4 is 46.6 Å². The number of anilines is 1. The fraction of sp³-hybridized carbons (Fsp3) is 0.133. The average molecular weight is 342 g/mol. The molecule has 0 heterocycles. The molecule has 0 aliphatic carbocycles. The third-order valence-corrected chi connectivity index (χ3v) is 4.16. The number of nitrogens with one attached hydrogen (secondary N) is 1. The number of carbonyl (C=O) groups is 1. The minimum absolute atomic E-state index is 0.135. The van der Waals surface area contributed by atoms with Crippen LogP contribution in [0.25, 0.3) is 0 Å². The van der Waals surface area contributed by atoms with Gasteiger partial charge in [0.1, 0.15) is 10.8 Å². The summed E-state index contributed by atoms with van der Waals surface area (Å²) in [6.45, 7) is -0.135. The van der Waals surface area contributed by atoms with E-state index in [1.54, 1.807) is 30.0 Å². The molecular weight excluding hydrogens is 329 g/mol. The molecule has 21 heavy (non-hydrogen) atoms. The summed E-state index contributed by atoms with van der Waals surface area (Å²) in [7, 11) is 0. The monoisotopic (exact) mass is 341 g/mol. The molecule has 0 fully saturated rings. The molecule has 110 valence electrons. The van der Waals surface area contributed by atoms with Crippen LogP contribution < -0.4 is 10.1 Å². The van der Waals surface area contributed by atoms with E-state index in [1.165, 1.54) is 0 Å². The van der Waals surface area contributed by atoms with E-state index in [1.807, 2.05) is 30.5 Å². The number of amides is 1. The minimum atomic E-state index is -0.260. The van der Waals surface area contributed by atoms with Gasteiger partial charge in [-0.25, -0.2) is 0 Å². The van der Waals surface area contributed by atoms with E-state index in [9.17, 15) is 4.79 Å². The van der Waals surface area contributed by atoms with Crippen molar-refractivity contribution in [2.45, 2.75) is 4.90 Å². The van der Waals surface area contributed by atoms with Gasteiger partial charge in [0, 0.05) is 10.6 Å². The molecule has 3 nitrogen and oxygen atoms in total. The second-order valence-electron chi connectivity index (χ2n) is 4.12. The third-order valence-electron chi connectivity index (χ3n) is 2.63. The van der Waals surface area contributed by atoms with E-state index < -0.39 is 0 Å². The highest BCUT2D eigenvalue weighted by Gasteiger charge is 2.08. The lowest BCUT2D eigenvalue weighted by atomic mass is 10.3. The van der Waals surface area contributed by atoms with Crippen LogP contribution in [0.1, 0.15) is 0 Å². The molecule has 0 atom stereocenters. The highest BCUT2D eigenvalue weighted by molar-refractivity contribution is 7.98. The van der Waals surface area contributed by atoms with Crippen LogP contribution in [-0.2, 0) is 4.79 Å².